The third-order valence-corrected chi connectivity index (χ3v) is 3.33. The van der Waals surface area contributed by atoms with Crippen molar-refractivity contribution in [3.05, 3.63) is 53.6 Å². The molecule has 0 saturated heterocycles. The smallest absolute Gasteiger partial charge is 0.201 e. The maximum atomic E-state index is 13.8. The normalized spacial score (nSPS) is 11.0. The SMILES string of the molecule is COc1ccc2nc(N)n(Cc3ccc(F)cc3F)c2c1. The van der Waals surface area contributed by atoms with Gasteiger partial charge in [0.25, 0.3) is 0 Å². The van der Waals surface area contributed by atoms with Gasteiger partial charge in [-0.1, -0.05) is 6.07 Å². The maximum Gasteiger partial charge on any atom is 0.201 e. The number of hydrogen-bond acceptors (Lipinski definition) is 3. The number of hydrogen-bond donors (Lipinski definition) is 1. The number of nitrogens with two attached hydrogens (primary N) is 1. The largest absolute Gasteiger partial charge is 0.497 e. The summed E-state index contributed by atoms with van der Waals surface area (Å²) in [5, 5.41) is 0. The first-order valence-electron chi connectivity index (χ1n) is 6.32. The van der Waals surface area contributed by atoms with Crippen LogP contribution in [0.25, 0.3) is 11.0 Å². The van der Waals surface area contributed by atoms with Gasteiger partial charge in [0, 0.05) is 17.7 Å². The fourth-order valence-electron chi connectivity index (χ4n) is 2.23. The summed E-state index contributed by atoms with van der Waals surface area (Å²) < 4.78 is 33.6. The van der Waals surface area contributed by atoms with Crippen LogP contribution in [0.4, 0.5) is 14.7 Å². The summed E-state index contributed by atoms with van der Waals surface area (Å²) in [6, 6.07) is 8.80. The van der Waals surface area contributed by atoms with Crippen LogP contribution in [0.15, 0.2) is 36.4 Å². The van der Waals surface area contributed by atoms with Gasteiger partial charge < -0.3 is 15.0 Å². The van der Waals surface area contributed by atoms with Crippen molar-refractivity contribution in [2.75, 3.05) is 12.8 Å². The Labute approximate surface area is 119 Å². The Kier molecular flexibility index (Phi) is 3.21. The molecule has 2 aromatic carbocycles. The summed E-state index contributed by atoms with van der Waals surface area (Å²) in [4.78, 5) is 4.22. The third kappa shape index (κ3) is 2.40. The van der Waals surface area contributed by atoms with Gasteiger partial charge in [-0.2, -0.15) is 0 Å². The summed E-state index contributed by atoms with van der Waals surface area (Å²) in [6.45, 7) is 0.168. The molecule has 3 rings (SSSR count). The Hall–Kier alpha value is -2.63. The molecule has 0 bridgehead atoms. The molecule has 4 nitrogen and oxygen atoms in total. The molecule has 0 spiro atoms. The van der Waals surface area contributed by atoms with Gasteiger partial charge in [0.05, 0.1) is 24.7 Å². The molecule has 0 radical (unpaired) electrons. The number of methoxy groups -OCH3 is 1. The maximum absolute atomic E-state index is 13.8. The zero-order valence-electron chi connectivity index (χ0n) is 11.3. The van der Waals surface area contributed by atoms with E-state index in [2.05, 4.69) is 4.98 Å². The summed E-state index contributed by atoms with van der Waals surface area (Å²) in [5.74, 6) is -0.300. The van der Waals surface area contributed by atoms with Crippen LogP contribution in [0, 0.1) is 11.6 Å². The van der Waals surface area contributed by atoms with Gasteiger partial charge in [0.1, 0.15) is 17.4 Å². The molecule has 0 saturated carbocycles. The first-order valence-corrected chi connectivity index (χ1v) is 6.32. The molecule has 21 heavy (non-hydrogen) atoms. The van der Waals surface area contributed by atoms with Crippen LogP contribution in [-0.2, 0) is 6.54 Å². The van der Waals surface area contributed by atoms with E-state index < -0.39 is 11.6 Å². The van der Waals surface area contributed by atoms with Crippen molar-refractivity contribution in [1.29, 1.82) is 0 Å². The number of benzene rings is 2. The lowest BCUT2D eigenvalue weighted by atomic mass is 10.2. The van der Waals surface area contributed by atoms with Crippen LogP contribution in [0.5, 0.6) is 5.75 Å². The number of anilines is 1. The minimum absolute atomic E-state index is 0.168. The second-order valence-corrected chi connectivity index (χ2v) is 4.65. The Morgan fingerprint density at radius 1 is 1.19 bits per heavy atom. The molecular formula is C15H13F2N3O. The van der Waals surface area contributed by atoms with E-state index in [0.29, 0.717) is 16.8 Å². The van der Waals surface area contributed by atoms with Crippen molar-refractivity contribution in [3.8, 4) is 5.75 Å². The van der Waals surface area contributed by atoms with E-state index in [-0.39, 0.29) is 12.5 Å². The highest BCUT2D eigenvalue weighted by molar-refractivity contribution is 5.80. The van der Waals surface area contributed by atoms with E-state index in [9.17, 15) is 8.78 Å². The first kappa shape index (κ1) is 13.4. The molecule has 1 aromatic heterocycles. The first-order chi connectivity index (χ1) is 10.1. The Morgan fingerprint density at radius 2 is 2.00 bits per heavy atom. The molecule has 0 atom stereocenters. The van der Waals surface area contributed by atoms with Gasteiger partial charge in [0.2, 0.25) is 5.95 Å². The summed E-state index contributed by atoms with van der Waals surface area (Å²) in [6.07, 6.45) is 0. The van der Waals surface area contributed by atoms with Crippen LogP contribution in [-0.4, -0.2) is 16.7 Å². The monoisotopic (exact) mass is 289 g/mol. The van der Waals surface area contributed by atoms with Gasteiger partial charge in [0.15, 0.2) is 0 Å². The Morgan fingerprint density at radius 3 is 2.71 bits per heavy atom. The number of ether oxygens (including phenoxy) is 1. The highest BCUT2D eigenvalue weighted by atomic mass is 19.1. The molecule has 108 valence electrons. The standard InChI is InChI=1S/C15H13F2N3O/c1-21-11-4-5-13-14(7-11)20(15(18)19-13)8-9-2-3-10(16)6-12(9)17/h2-7H,8H2,1H3,(H2,18,19). The fourth-order valence-corrected chi connectivity index (χ4v) is 2.23. The van der Waals surface area contributed by atoms with Gasteiger partial charge in [-0.15, -0.1) is 0 Å². The topological polar surface area (TPSA) is 53.1 Å². The molecular weight excluding hydrogens is 276 g/mol. The van der Waals surface area contributed by atoms with Crippen molar-refractivity contribution >= 4 is 17.0 Å². The Bertz CT molecular complexity index is 814. The molecule has 0 fully saturated rings. The van der Waals surface area contributed by atoms with Crippen molar-refractivity contribution in [2.45, 2.75) is 6.54 Å². The third-order valence-electron chi connectivity index (χ3n) is 3.33. The van der Waals surface area contributed by atoms with Gasteiger partial charge in [-0.3, -0.25) is 0 Å². The summed E-state index contributed by atoms with van der Waals surface area (Å²) >= 11 is 0. The van der Waals surface area contributed by atoms with Crippen molar-refractivity contribution < 1.29 is 13.5 Å². The van der Waals surface area contributed by atoms with Crippen LogP contribution in [0.3, 0.4) is 0 Å². The predicted molar refractivity (Wildman–Crippen MR) is 76.2 cm³/mol. The van der Waals surface area contributed by atoms with Crippen molar-refractivity contribution in [2.24, 2.45) is 0 Å². The van der Waals surface area contributed by atoms with Crippen LogP contribution in [0.2, 0.25) is 0 Å². The second kappa shape index (κ2) is 5.05. The van der Waals surface area contributed by atoms with E-state index in [1.807, 2.05) is 0 Å². The predicted octanol–water partition coefficient (Wildman–Crippen LogP) is 2.95. The Balaban J connectivity index is 2.09. The second-order valence-electron chi connectivity index (χ2n) is 4.65. The number of nitrogen functional groups attached to an aromatic ring is 1. The molecule has 0 aliphatic carbocycles. The molecule has 0 unspecified atom stereocenters. The van der Waals surface area contributed by atoms with E-state index in [1.54, 1.807) is 29.9 Å². The summed E-state index contributed by atoms with van der Waals surface area (Å²) in [7, 11) is 1.56. The average Bonchev–Trinajstić information content (AvgIpc) is 2.77. The number of fused-ring (bicyclic) bond motifs is 1. The minimum atomic E-state index is -0.612. The lowest BCUT2D eigenvalue weighted by Gasteiger charge is -2.08. The van der Waals surface area contributed by atoms with Crippen LogP contribution >= 0.6 is 0 Å². The molecule has 2 N–H and O–H groups in total. The van der Waals surface area contributed by atoms with Crippen molar-refractivity contribution in [1.82, 2.24) is 9.55 Å². The van der Waals surface area contributed by atoms with Crippen molar-refractivity contribution in [3.63, 3.8) is 0 Å². The quantitative estimate of drug-likeness (QED) is 0.806. The van der Waals surface area contributed by atoms with Gasteiger partial charge in [-0.05, 0) is 18.2 Å². The van der Waals surface area contributed by atoms with E-state index in [0.717, 1.165) is 11.6 Å². The van der Waals surface area contributed by atoms with Gasteiger partial charge >= 0.3 is 0 Å². The zero-order valence-corrected chi connectivity index (χ0v) is 11.3. The molecule has 0 aliphatic heterocycles. The lowest BCUT2D eigenvalue weighted by Crippen LogP contribution is -2.06. The fraction of sp³-hybridized carbons (Fsp3) is 0.133. The number of aromatic nitrogens is 2. The van der Waals surface area contributed by atoms with E-state index >= 15 is 0 Å². The summed E-state index contributed by atoms with van der Waals surface area (Å²) in [5.41, 5.74) is 7.65. The van der Waals surface area contributed by atoms with Crippen LogP contribution in [0.1, 0.15) is 5.56 Å². The number of nitrogens with zero attached hydrogens (tertiary/aromatic N) is 2. The van der Waals surface area contributed by atoms with E-state index in [1.165, 1.54) is 12.1 Å². The van der Waals surface area contributed by atoms with Crippen LogP contribution < -0.4 is 10.5 Å². The highest BCUT2D eigenvalue weighted by Crippen LogP contribution is 2.24. The minimum Gasteiger partial charge on any atom is -0.497 e. The molecule has 1 heterocycles. The number of halogens is 2. The van der Waals surface area contributed by atoms with E-state index in [4.69, 9.17) is 10.5 Å². The number of imidazole rings is 1. The zero-order chi connectivity index (χ0) is 15.0. The molecule has 3 aromatic rings. The lowest BCUT2D eigenvalue weighted by molar-refractivity contribution is 0.415. The molecule has 6 heteroatoms. The molecule has 0 amide bonds. The van der Waals surface area contributed by atoms with Gasteiger partial charge in [-0.25, -0.2) is 13.8 Å². The molecule has 0 aliphatic rings. The average molecular weight is 289 g/mol. The number of rotatable bonds is 3. The highest BCUT2D eigenvalue weighted by Gasteiger charge is 2.12.